The molecule has 23 heteroatoms. The summed E-state index contributed by atoms with van der Waals surface area (Å²) >= 11 is 0. The molecule has 0 aromatic carbocycles. The Labute approximate surface area is 183 Å². The summed E-state index contributed by atoms with van der Waals surface area (Å²) in [5, 5.41) is 0. The van der Waals surface area contributed by atoms with Crippen molar-refractivity contribution in [1.82, 2.24) is 0 Å². The number of rotatable bonds is 10. The molecule has 1 rings (SSSR count). The van der Waals surface area contributed by atoms with Gasteiger partial charge in [0, 0.05) is 0 Å². The fraction of sp³-hybridized carbons (Fsp3) is 0.923. The number of hydrogen-bond donors (Lipinski definition) is 0. The molecule has 0 aliphatic carbocycles. The third-order valence-corrected chi connectivity index (χ3v) is 4.19. The van der Waals surface area contributed by atoms with Crippen molar-refractivity contribution in [2.75, 3.05) is 13.2 Å². The molecule has 0 aromatic heterocycles. The molecule has 1 unspecified atom stereocenters. The van der Waals surface area contributed by atoms with Crippen LogP contribution in [0.4, 0.5) is 88.2 Å². The standard InChI is InChI=1S/C13H5F19O4/c14-5(15,6(16,17)8(20,21)10(24,25)12(28,29)30)7(18,19)9(22,23)11(26,27)13(31,32)35-2-3-1-34-4(33)36-3/h3H,1-2H2. The van der Waals surface area contributed by atoms with Crippen LogP contribution in [0.15, 0.2) is 0 Å². The van der Waals surface area contributed by atoms with E-state index >= 15 is 0 Å². The molecule has 1 heterocycles. The van der Waals surface area contributed by atoms with E-state index in [-0.39, 0.29) is 0 Å². The Morgan fingerprint density at radius 1 is 0.583 bits per heavy atom. The average Bonchev–Trinajstić information content (AvgIpc) is 3.09. The molecule has 0 amide bonds. The number of alkyl halides is 19. The number of carbonyl (C=O) groups excluding carboxylic acids is 1. The third kappa shape index (κ3) is 4.23. The molecule has 0 saturated carbocycles. The van der Waals surface area contributed by atoms with Crippen LogP contribution in [0.3, 0.4) is 0 Å². The maximum atomic E-state index is 13.5. The quantitative estimate of drug-likeness (QED) is 0.228. The van der Waals surface area contributed by atoms with Gasteiger partial charge in [-0.1, -0.05) is 0 Å². The second-order valence-corrected chi connectivity index (χ2v) is 6.65. The van der Waals surface area contributed by atoms with Gasteiger partial charge in [-0.2, -0.15) is 83.4 Å². The third-order valence-electron chi connectivity index (χ3n) is 4.19. The molecule has 214 valence electrons. The van der Waals surface area contributed by atoms with E-state index in [2.05, 4.69) is 14.2 Å². The molecule has 1 aliphatic rings. The zero-order chi connectivity index (χ0) is 29.2. The van der Waals surface area contributed by atoms with Gasteiger partial charge in [-0.15, -0.1) is 0 Å². The SMILES string of the molecule is O=C1OCC(COC(F)(F)C(F)(F)C(F)(F)C(F)(F)C(F)(F)C(F)(F)C(F)(F)C(F)(F)C(F)(F)F)O1. The zero-order valence-corrected chi connectivity index (χ0v) is 15.8. The van der Waals surface area contributed by atoms with Gasteiger partial charge in [0.1, 0.15) is 6.61 Å². The minimum atomic E-state index is -9.00. The van der Waals surface area contributed by atoms with E-state index in [1.165, 1.54) is 0 Å². The van der Waals surface area contributed by atoms with E-state index in [0.717, 1.165) is 0 Å². The maximum absolute atomic E-state index is 13.5. The summed E-state index contributed by atoms with van der Waals surface area (Å²) in [5.74, 6) is -60.7. The Morgan fingerprint density at radius 3 is 1.22 bits per heavy atom. The lowest BCUT2D eigenvalue weighted by Crippen LogP contribution is -2.76. The minimum Gasteiger partial charge on any atom is -0.430 e. The topological polar surface area (TPSA) is 44.8 Å². The van der Waals surface area contributed by atoms with Crippen LogP contribution in [-0.4, -0.2) is 79.2 Å². The molecule has 36 heavy (non-hydrogen) atoms. The fourth-order valence-corrected chi connectivity index (χ4v) is 2.08. The van der Waals surface area contributed by atoms with Gasteiger partial charge in [0.25, 0.3) is 0 Å². The van der Waals surface area contributed by atoms with Crippen LogP contribution in [0.25, 0.3) is 0 Å². The van der Waals surface area contributed by atoms with Gasteiger partial charge >= 0.3 is 59.9 Å². The average molecular weight is 586 g/mol. The zero-order valence-electron chi connectivity index (χ0n) is 15.8. The lowest BCUT2D eigenvalue weighted by Gasteiger charge is -2.43. The van der Waals surface area contributed by atoms with E-state index in [1.54, 1.807) is 0 Å². The number of halogens is 19. The predicted molar refractivity (Wildman–Crippen MR) is 67.8 cm³/mol. The van der Waals surface area contributed by atoms with Crippen LogP contribution in [0.1, 0.15) is 0 Å². The van der Waals surface area contributed by atoms with Crippen molar-refractivity contribution in [3.63, 3.8) is 0 Å². The fourth-order valence-electron chi connectivity index (χ4n) is 2.08. The smallest absolute Gasteiger partial charge is 0.430 e. The van der Waals surface area contributed by atoms with Crippen LogP contribution in [0, 0.1) is 0 Å². The van der Waals surface area contributed by atoms with E-state index in [9.17, 15) is 88.2 Å². The first-order valence-electron chi connectivity index (χ1n) is 8.04. The van der Waals surface area contributed by atoms with E-state index in [1.807, 2.05) is 0 Å². The van der Waals surface area contributed by atoms with Crippen molar-refractivity contribution in [3.05, 3.63) is 0 Å². The van der Waals surface area contributed by atoms with Gasteiger partial charge in [-0.3, -0.25) is 0 Å². The largest absolute Gasteiger partial charge is 0.508 e. The molecule has 0 bridgehead atoms. The lowest BCUT2D eigenvalue weighted by molar-refractivity contribution is -0.481. The summed E-state index contributed by atoms with van der Waals surface area (Å²) in [4.78, 5) is 10.5. The summed E-state index contributed by atoms with van der Waals surface area (Å²) in [6.07, 6.45) is -18.9. The van der Waals surface area contributed by atoms with Crippen molar-refractivity contribution in [1.29, 1.82) is 0 Å². The first-order valence-corrected chi connectivity index (χ1v) is 8.04. The second kappa shape index (κ2) is 8.46. The second-order valence-electron chi connectivity index (χ2n) is 6.65. The number of ether oxygens (including phenoxy) is 3. The highest BCUT2D eigenvalue weighted by Gasteiger charge is 2.97. The van der Waals surface area contributed by atoms with Crippen LogP contribution < -0.4 is 0 Å². The lowest BCUT2D eigenvalue weighted by atomic mass is 9.88. The molecule has 1 aliphatic heterocycles. The molecule has 1 atom stereocenters. The Hall–Kier alpha value is -2.10. The number of cyclic esters (lactones) is 2. The normalized spacial score (nSPS) is 19.9. The Bertz CT molecular complexity index is 832. The Morgan fingerprint density at radius 2 is 0.917 bits per heavy atom. The molecule has 4 nitrogen and oxygen atoms in total. The van der Waals surface area contributed by atoms with Gasteiger partial charge in [0.05, 0.1) is 6.61 Å². The van der Waals surface area contributed by atoms with Gasteiger partial charge in [0.15, 0.2) is 6.10 Å². The summed E-state index contributed by atoms with van der Waals surface area (Å²) in [6, 6.07) is 0. The van der Waals surface area contributed by atoms with Gasteiger partial charge < -0.3 is 14.2 Å². The highest BCUT2D eigenvalue weighted by molar-refractivity contribution is 5.61. The predicted octanol–water partition coefficient (Wildman–Crippen LogP) is 6.14. The number of carbonyl (C=O) groups is 1. The van der Waals surface area contributed by atoms with Crippen molar-refractivity contribution >= 4 is 6.16 Å². The minimum absolute atomic E-state index is 1.13. The van der Waals surface area contributed by atoms with Crippen molar-refractivity contribution < 1.29 is 102 Å². The summed E-state index contributed by atoms with van der Waals surface area (Å²) in [5.41, 5.74) is 0. The summed E-state index contributed by atoms with van der Waals surface area (Å²) in [6.45, 7) is -3.28. The van der Waals surface area contributed by atoms with Crippen LogP contribution >= 0.6 is 0 Å². The molecule has 0 N–H and O–H groups in total. The van der Waals surface area contributed by atoms with Gasteiger partial charge in [0.2, 0.25) is 0 Å². The van der Waals surface area contributed by atoms with Crippen LogP contribution in [0.5, 0.6) is 0 Å². The highest BCUT2D eigenvalue weighted by atomic mass is 19.4. The first kappa shape index (κ1) is 31.9. The molecule has 0 aromatic rings. The van der Waals surface area contributed by atoms with Crippen molar-refractivity contribution in [3.8, 4) is 0 Å². The van der Waals surface area contributed by atoms with Crippen molar-refractivity contribution in [2.24, 2.45) is 0 Å². The molecule has 1 fully saturated rings. The molecule has 1 saturated heterocycles. The first-order chi connectivity index (χ1) is 15.5. The van der Waals surface area contributed by atoms with Crippen molar-refractivity contribution in [2.45, 2.75) is 59.8 Å². The van der Waals surface area contributed by atoms with Gasteiger partial charge in [-0.05, 0) is 0 Å². The summed E-state index contributed by atoms with van der Waals surface area (Å²) in [7, 11) is 0. The Balaban J connectivity index is 3.49. The molecular formula is C13H5F19O4. The number of hydrogen-bond acceptors (Lipinski definition) is 4. The van der Waals surface area contributed by atoms with Crippen LogP contribution in [0.2, 0.25) is 0 Å². The van der Waals surface area contributed by atoms with E-state index in [0.29, 0.717) is 0 Å². The van der Waals surface area contributed by atoms with Crippen LogP contribution in [-0.2, 0) is 14.2 Å². The molecular weight excluding hydrogens is 581 g/mol. The molecule has 0 radical (unpaired) electrons. The molecule has 0 spiro atoms. The Kier molecular flexibility index (Phi) is 7.51. The highest BCUT2D eigenvalue weighted by Crippen LogP contribution is 2.65. The maximum Gasteiger partial charge on any atom is 0.508 e. The van der Waals surface area contributed by atoms with E-state index < -0.39 is 79.2 Å². The van der Waals surface area contributed by atoms with E-state index in [4.69, 9.17) is 0 Å². The monoisotopic (exact) mass is 586 g/mol. The van der Waals surface area contributed by atoms with Gasteiger partial charge in [-0.25, -0.2) is 4.79 Å². The summed E-state index contributed by atoms with van der Waals surface area (Å²) < 4.78 is 259.